The summed E-state index contributed by atoms with van der Waals surface area (Å²) in [7, 11) is 0. The third-order valence-corrected chi connectivity index (χ3v) is 4.63. The number of fused-ring (bicyclic) bond motifs is 1. The lowest BCUT2D eigenvalue weighted by molar-refractivity contribution is -0.116. The maximum absolute atomic E-state index is 14.3. The van der Waals surface area contributed by atoms with Crippen LogP contribution in [0.4, 0.5) is 10.1 Å². The lowest BCUT2D eigenvalue weighted by Crippen LogP contribution is -2.26. The number of anilines is 1. The molecule has 1 amide bonds. The molecule has 0 bridgehead atoms. The van der Waals surface area contributed by atoms with Gasteiger partial charge in [0.15, 0.2) is 0 Å². The van der Waals surface area contributed by atoms with Gasteiger partial charge in [-0.1, -0.05) is 19.3 Å². The second-order valence-electron chi connectivity index (χ2n) is 6.00. The van der Waals surface area contributed by atoms with Crippen molar-refractivity contribution in [1.82, 2.24) is 0 Å². The van der Waals surface area contributed by atoms with Crippen LogP contribution in [0.15, 0.2) is 12.1 Å². The van der Waals surface area contributed by atoms with Crippen molar-refractivity contribution in [2.45, 2.75) is 51.0 Å². The van der Waals surface area contributed by atoms with Gasteiger partial charge in [-0.3, -0.25) is 4.79 Å². The first-order valence-corrected chi connectivity index (χ1v) is 7.53. The quantitative estimate of drug-likeness (QED) is 0.871. The largest absolute Gasteiger partial charge is 0.326 e. The molecule has 1 aromatic rings. The monoisotopic (exact) mass is 276 g/mol. The van der Waals surface area contributed by atoms with Crippen LogP contribution in [0.2, 0.25) is 0 Å². The van der Waals surface area contributed by atoms with Crippen LogP contribution in [0.1, 0.15) is 55.7 Å². The fraction of sp³-hybridized carbons (Fsp3) is 0.562. The first kappa shape index (κ1) is 13.6. The average molecular weight is 276 g/mol. The Morgan fingerprint density at radius 3 is 2.70 bits per heavy atom. The normalized spacial score (nSPS) is 21.2. The molecule has 0 saturated heterocycles. The third kappa shape index (κ3) is 2.57. The number of nitrogens with two attached hydrogens (primary N) is 1. The number of carbonyl (C=O) groups is 1. The summed E-state index contributed by atoms with van der Waals surface area (Å²) in [6, 6.07) is 3.08. The highest BCUT2D eigenvalue weighted by molar-refractivity contribution is 5.93. The maximum atomic E-state index is 14.3. The fourth-order valence-corrected chi connectivity index (χ4v) is 3.42. The molecule has 1 atom stereocenters. The third-order valence-electron chi connectivity index (χ3n) is 4.63. The number of rotatable bonds is 2. The average Bonchev–Trinajstić information content (AvgIpc) is 2.46. The smallest absolute Gasteiger partial charge is 0.224 e. The van der Waals surface area contributed by atoms with Crippen molar-refractivity contribution in [1.29, 1.82) is 0 Å². The van der Waals surface area contributed by atoms with E-state index >= 15 is 0 Å². The van der Waals surface area contributed by atoms with Crippen LogP contribution < -0.4 is 11.1 Å². The first-order valence-electron chi connectivity index (χ1n) is 7.53. The Balaban J connectivity index is 1.87. The van der Waals surface area contributed by atoms with Crippen LogP contribution in [0.3, 0.4) is 0 Å². The van der Waals surface area contributed by atoms with Crippen molar-refractivity contribution in [3.63, 3.8) is 0 Å². The van der Waals surface area contributed by atoms with Crippen molar-refractivity contribution in [2.75, 3.05) is 5.32 Å². The minimum atomic E-state index is -0.288. The number of amides is 1. The molecule has 4 heteroatoms. The van der Waals surface area contributed by atoms with Gasteiger partial charge in [0.25, 0.3) is 0 Å². The van der Waals surface area contributed by atoms with E-state index < -0.39 is 0 Å². The van der Waals surface area contributed by atoms with E-state index in [1.165, 1.54) is 25.3 Å². The molecule has 1 aromatic carbocycles. The molecule has 1 unspecified atom stereocenters. The zero-order valence-corrected chi connectivity index (χ0v) is 11.6. The van der Waals surface area contributed by atoms with E-state index in [1.807, 2.05) is 6.07 Å². The summed E-state index contributed by atoms with van der Waals surface area (Å²) in [6.07, 6.45) is 6.98. The van der Waals surface area contributed by atoms with Gasteiger partial charge in [-0.2, -0.15) is 0 Å². The molecule has 20 heavy (non-hydrogen) atoms. The Hall–Kier alpha value is -1.42. The first-order chi connectivity index (χ1) is 9.65. The van der Waals surface area contributed by atoms with Gasteiger partial charge < -0.3 is 11.1 Å². The van der Waals surface area contributed by atoms with E-state index in [0.717, 1.165) is 18.4 Å². The van der Waals surface area contributed by atoms with E-state index in [-0.39, 0.29) is 17.8 Å². The maximum Gasteiger partial charge on any atom is 0.224 e. The number of carbonyl (C=O) groups excluding carboxylic acids is 1. The standard InChI is InChI=1S/C16H21FN2O/c17-13-9-14-11(6-7-15(20)19-14)8-12(13)16(18)10-4-2-1-3-5-10/h8-10,16H,1-7,18H2,(H,19,20). The van der Waals surface area contributed by atoms with Gasteiger partial charge in [-0.05, 0) is 42.9 Å². The predicted molar refractivity (Wildman–Crippen MR) is 76.9 cm³/mol. The summed E-state index contributed by atoms with van der Waals surface area (Å²) < 4.78 is 14.3. The van der Waals surface area contributed by atoms with Gasteiger partial charge in [0.05, 0.1) is 0 Å². The van der Waals surface area contributed by atoms with Crippen LogP contribution in [-0.2, 0) is 11.2 Å². The summed E-state index contributed by atoms with van der Waals surface area (Å²) in [5.74, 6) is 0.0553. The molecule has 0 spiro atoms. The van der Waals surface area contributed by atoms with Crippen LogP contribution in [0, 0.1) is 11.7 Å². The van der Waals surface area contributed by atoms with Crippen LogP contribution >= 0.6 is 0 Å². The van der Waals surface area contributed by atoms with Gasteiger partial charge in [-0.15, -0.1) is 0 Å². The van der Waals surface area contributed by atoms with E-state index in [9.17, 15) is 9.18 Å². The van der Waals surface area contributed by atoms with Crippen molar-refractivity contribution in [3.05, 3.63) is 29.1 Å². The highest BCUT2D eigenvalue weighted by atomic mass is 19.1. The Kier molecular flexibility index (Phi) is 3.74. The molecular formula is C16H21FN2O. The van der Waals surface area contributed by atoms with Gasteiger partial charge in [0, 0.05) is 23.7 Å². The minimum Gasteiger partial charge on any atom is -0.326 e. The van der Waals surface area contributed by atoms with Crippen molar-refractivity contribution < 1.29 is 9.18 Å². The van der Waals surface area contributed by atoms with Crippen molar-refractivity contribution in [2.24, 2.45) is 11.7 Å². The SMILES string of the molecule is NC(c1cc2c(cc1F)NC(=O)CC2)C1CCCCC1. The van der Waals surface area contributed by atoms with Gasteiger partial charge >= 0.3 is 0 Å². The summed E-state index contributed by atoms with van der Waals surface area (Å²) >= 11 is 0. The summed E-state index contributed by atoms with van der Waals surface area (Å²) in [5, 5.41) is 2.73. The molecule has 0 aromatic heterocycles. The second-order valence-corrected chi connectivity index (χ2v) is 6.00. The molecule has 3 nitrogen and oxygen atoms in total. The number of halogens is 1. The summed E-state index contributed by atoms with van der Waals surface area (Å²) in [6.45, 7) is 0. The zero-order valence-electron chi connectivity index (χ0n) is 11.6. The fourth-order valence-electron chi connectivity index (χ4n) is 3.42. The zero-order chi connectivity index (χ0) is 14.1. The van der Waals surface area contributed by atoms with E-state index in [2.05, 4.69) is 5.32 Å². The lowest BCUT2D eigenvalue weighted by atomic mass is 9.81. The van der Waals surface area contributed by atoms with Gasteiger partial charge in [-0.25, -0.2) is 4.39 Å². The second kappa shape index (κ2) is 5.52. The molecule has 2 aliphatic rings. The number of hydrogen-bond donors (Lipinski definition) is 2. The highest BCUT2D eigenvalue weighted by Crippen LogP contribution is 2.36. The number of aryl methyl sites for hydroxylation is 1. The van der Waals surface area contributed by atoms with Crippen LogP contribution in [0.25, 0.3) is 0 Å². The van der Waals surface area contributed by atoms with Crippen molar-refractivity contribution in [3.8, 4) is 0 Å². The Labute approximate surface area is 118 Å². The minimum absolute atomic E-state index is 0.0405. The molecular weight excluding hydrogens is 255 g/mol. The lowest BCUT2D eigenvalue weighted by Gasteiger charge is -2.29. The van der Waals surface area contributed by atoms with Gasteiger partial charge in [0.2, 0.25) is 5.91 Å². The van der Waals surface area contributed by atoms with Crippen LogP contribution in [-0.4, -0.2) is 5.91 Å². The Bertz CT molecular complexity index is 523. The Morgan fingerprint density at radius 1 is 1.20 bits per heavy atom. The molecule has 1 heterocycles. The van der Waals surface area contributed by atoms with Gasteiger partial charge in [0.1, 0.15) is 5.82 Å². The van der Waals surface area contributed by atoms with Crippen molar-refractivity contribution >= 4 is 11.6 Å². The number of benzene rings is 1. The highest BCUT2D eigenvalue weighted by Gasteiger charge is 2.26. The summed E-state index contributed by atoms with van der Waals surface area (Å²) in [4.78, 5) is 11.3. The van der Waals surface area contributed by atoms with E-state index in [4.69, 9.17) is 5.73 Å². The number of hydrogen-bond acceptors (Lipinski definition) is 2. The predicted octanol–water partition coefficient (Wildman–Crippen LogP) is 3.29. The molecule has 1 aliphatic carbocycles. The van der Waals surface area contributed by atoms with E-state index in [0.29, 0.717) is 30.0 Å². The molecule has 1 saturated carbocycles. The molecule has 108 valence electrons. The molecule has 1 aliphatic heterocycles. The molecule has 3 rings (SSSR count). The van der Waals surface area contributed by atoms with E-state index in [1.54, 1.807) is 0 Å². The summed E-state index contributed by atoms with van der Waals surface area (Å²) in [5.41, 5.74) is 8.54. The topological polar surface area (TPSA) is 55.1 Å². The molecule has 0 radical (unpaired) electrons. The Morgan fingerprint density at radius 2 is 1.95 bits per heavy atom. The molecule has 1 fully saturated rings. The molecule has 3 N–H and O–H groups in total. The van der Waals surface area contributed by atoms with Crippen LogP contribution in [0.5, 0.6) is 0 Å². The number of nitrogens with one attached hydrogen (secondary N) is 1.